The fraction of sp³-hybridized carbons (Fsp3) is 0.417. The summed E-state index contributed by atoms with van der Waals surface area (Å²) in [4.78, 5) is 29.0. The zero-order chi connectivity index (χ0) is 21.3. The van der Waals surface area contributed by atoms with Gasteiger partial charge in [0.05, 0.1) is 6.54 Å². The first-order chi connectivity index (χ1) is 14.5. The van der Waals surface area contributed by atoms with Gasteiger partial charge in [0.2, 0.25) is 5.91 Å². The van der Waals surface area contributed by atoms with Crippen LogP contribution in [0.25, 0.3) is 0 Å². The quantitative estimate of drug-likeness (QED) is 0.658. The SMILES string of the molecule is Cc1cccc(N2CCN(CCCNC(=O)CNC(=O)c3ccccc3C)CC2)c1. The molecule has 2 N–H and O–H groups in total. The Balaban J connectivity index is 1.29. The first kappa shape index (κ1) is 21.8. The summed E-state index contributed by atoms with van der Waals surface area (Å²) in [6, 6.07) is 16.0. The molecule has 1 aliphatic rings. The molecule has 0 bridgehead atoms. The molecule has 1 saturated heterocycles. The predicted octanol–water partition coefficient (Wildman–Crippen LogP) is 2.36. The summed E-state index contributed by atoms with van der Waals surface area (Å²) in [5, 5.41) is 5.58. The molecular formula is C24H32N4O2. The van der Waals surface area contributed by atoms with Gasteiger partial charge < -0.3 is 15.5 Å². The maximum atomic E-state index is 12.2. The third-order valence-corrected chi connectivity index (χ3v) is 5.51. The van der Waals surface area contributed by atoms with Gasteiger partial charge in [-0.15, -0.1) is 0 Å². The lowest BCUT2D eigenvalue weighted by atomic mass is 10.1. The molecule has 0 atom stereocenters. The summed E-state index contributed by atoms with van der Waals surface area (Å²) in [5.41, 5.74) is 4.10. The Morgan fingerprint density at radius 3 is 2.43 bits per heavy atom. The van der Waals surface area contributed by atoms with E-state index in [1.807, 2.05) is 25.1 Å². The number of anilines is 1. The van der Waals surface area contributed by atoms with E-state index >= 15 is 0 Å². The van der Waals surface area contributed by atoms with Crippen molar-refractivity contribution < 1.29 is 9.59 Å². The largest absolute Gasteiger partial charge is 0.369 e. The first-order valence-electron chi connectivity index (χ1n) is 10.7. The fourth-order valence-corrected chi connectivity index (χ4v) is 3.73. The summed E-state index contributed by atoms with van der Waals surface area (Å²) in [6.45, 7) is 9.74. The minimum absolute atomic E-state index is 0.00232. The van der Waals surface area contributed by atoms with Crippen molar-refractivity contribution in [2.24, 2.45) is 0 Å². The molecule has 1 fully saturated rings. The van der Waals surface area contributed by atoms with Gasteiger partial charge in [0.1, 0.15) is 0 Å². The van der Waals surface area contributed by atoms with Gasteiger partial charge in [-0.3, -0.25) is 14.5 Å². The number of carbonyl (C=O) groups excluding carboxylic acids is 2. The van der Waals surface area contributed by atoms with Gasteiger partial charge in [-0.25, -0.2) is 0 Å². The van der Waals surface area contributed by atoms with Crippen molar-refractivity contribution in [3.8, 4) is 0 Å². The molecule has 0 aliphatic carbocycles. The van der Waals surface area contributed by atoms with Gasteiger partial charge in [-0.2, -0.15) is 0 Å². The van der Waals surface area contributed by atoms with Crippen LogP contribution < -0.4 is 15.5 Å². The second-order valence-corrected chi connectivity index (χ2v) is 7.87. The van der Waals surface area contributed by atoms with Crippen LogP contribution in [0.4, 0.5) is 5.69 Å². The number of carbonyl (C=O) groups is 2. The summed E-state index contributed by atoms with van der Waals surface area (Å²) < 4.78 is 0. The highest BCUT2D eigenvalue weighted by atomic mass is 16.2. The monoisotopic (exact) mass is 408 g/mol. The van der Waals surface area contributed by atoms with Crippen LogP contribution in [-0.4, -0.2) is 62.5 Å². The molecule has 30 heavy (non-hydrogen) atoms. The molecule has 2 aromatic rings. The van der Waals surface area contributed by atoms with Crippen molar-refractivity contribution in [2.75, 3.05) is 50.7 Å². The van der Waals surface area contributed by atoms with E-state index in [0.717, 1.165) is 44.7 Å². The van der Waals surface area contributed by atoms with Crippen LogP contribution in [0.1, 0.15) is 27.9 Å². The van der Waals surface area contributed by atoms with Gasteiger partial charge in [0, 0.05) is 44.0 Å². The summed E-state index contributed by atoms with van der Waals surface area (Å²) in [7, 11) is 0. The lowest BCUT2D eigenvalue weighted by Crippen LogP contribution is -2.47. The first-order valence-corrected chi connectivity index (χ1v) is 10.7. The molecule has 3 rings (SSSR count). The van der Waals surface area contributed by atoms with Crippen molar-refractivity contribution in [2.45, 2.75) is 20.3 Å². The van der Waals surface area contributed by atoms with Crippen molar-refractivity contribution in [3.05, 3.63) is 65.2 Å². The van der Waals surface area contributed by atoms with E-state index in [9.17, 15) is 9.59 Å². The number of benzene rings is 2. The van der Waals surface area contributed by atoms with Gasteiger partial charge in [-0.05, 0) is 56.1 Å². The van der Waals surface area contributed by atoms with Crippen molar-refractivity contribution >= 4 is 17.5 Å². The molecule has 0 spiro atoms. The Kier molecular flexibility index (Phi) is 7.85. The lowest BCUT2D eigenvalue weighted by Gasteiger charge is -2.36. The van der Waals surface area contributed by atoms with E-state index < -0.39 is 0 Å². The third kappa shape index (κ3) is 6.32. The minimum Gasteiger partial charge on any atom is -0.369 e. The molecule has 1 heterocycles. The number of piperazine rings is 1. The lowest BCUT2D eigenvalue weighted by molar-refractivity contribution is -0.120. The second kappa shape index (κ2) is 10.8. The van der Waals surface area contributed by atoms with E-state index in [0.29, 0.717) is 12.1 Å². The number of rotatable bonds is 8. The maximum absolute atomic E-state index is 12.2. The smallest absolute Gasteiger partial charge is 0.251 e. The minimum atomic E-state index is -0.213. The van der Waals surface area contributed by atoms with E-state index in [2.05, 4.69) is 51.6 Å². The van der Waals surface area contributed by atoms with Crippen LogP contribution in [-0.2, 0) is 4.79 Å². The number of nitrogens with zero attached hydrogens (tertiary/aromatic N) is 2. The Hall–Kier alpha value is -2.86. The number of aryl methyl sites for hydroxylation is 2. The Morgan fingerprint density at radius 2 is 1.70 bits per heavy atom. The number of amides is 2. The van der Waals surface area contributed by atoms with Crippen LogP contribution in [0.3, 0.4) is 0 Å². The van der Waals surface area contributed by atoms with Crippen LogP contribution in [0.5, 0.6) is 0 Å². The van der Waals surface area contributed by atoms with E-state index in [-0.39, 0.29) is 18.4 Å². The van der Waals surface area contributed by atoms with Crippen LogP contribution >= 0.6 is 0 Å². The number of hydrogen-bond donors (Lipinski definition) is 2. The molecule has 160 valence electrons. The van der Waals surface area contributed by atoms with E-state index in [1.165, 1.54) is 11.3 Å². The molecule has 2 aromatic carbocycles. The average Bonchev–Trinajstić information content (AvgIpc) is 2.76. The highest BCUT2D eigenvalue weighted by Crippen LogP contribution is 2.17. The molecule has 0 aromatic heterocycles. The van der Waals surface area contributed by atoms with Crippen LogP contribution in [0.2, 0.25) is 0 Å². The highest BCUT2D eigenvalue weighted by Gasteiger charge is 2.17. The van der Waals surface area contributed by atoms with E-state index in [1.54, 1.807) is 6.07 Å². The van der Waals surface area contributed by atoms with Crippen molar-refractivity contribution in [1.82, 2.24) is 15.5 Å². The van der Waals surface area contributed by atoms with E-state index in [4.69, 9.17) is 0 Å². The summed E-state index contributed by atoms with van der Waals surface area (Å²) in [6.07, 6.45) is 0.905. The number of hydrogen-bond acceptors (Lipinski definition) is 4. The molecular weight excluding hydrogens is 376 g/mol. The van der Waals surface area contributed by atoms with Crippen LogP contribution in [0.15, 0.2) is 48.5 Å². The van der Waals surface area contributed by atoms with Gasteiger partial charge in [0.15, 0.2) is 0 Å². The molecule has 0 saturated carbocycles. The predicted molar refractivity (Wildman–Crippen MR) is 121 cm³/mol. The summed E-state index contributed by atoms with van der Waals surface area (Å²) >= 11 is 0. The van der Waals surface area contributed by atoms with Gasteiger partial charge in [-0.1, -0.05) is 30.3 Å². The zero-order valence-corrected chi connectivity index (χ0v) is 18.0. The highest BCUT2D eigenvalue weighted by molar-refractivity contribution is 5.97. The molecule has 6 nitrogen and oxygen atoms in total. The third-order valence-electron chi connectivity index (χ3n) is 5.51. The zero-order valence-electron chi connectivity index (χ0n) is 18.0. The molecule has 2 amide bonds. The molecule has 0 unspecified atom stereocenters. The van der Waals surface area contributed by atoms with Gasteiger partial charge >= 0.3 is 0 Å². The van der Waals surface area contributed by atoms with Crippen molar-refractivity contribution in [3.63, 3.8) is 0 Å². The van der Waals surface area contributed by atoms with Crippen LogP contribution in [0, 0.1) is 13.8 Å². The van der Waals surface area contributed by atoms with Gasteiger partial charge in [0.25, 0.3) is 5.91 Å². The average molecular weight is 409 g/mol. The van der Waals surface area contributed by atoms with Crippen molar-refractivity contribution in [1.29, 1.82) is 0 Å². The fourth-order valence-electron chi connectivity index (χ4n) is 3.73. The Bertz CT molecular complexity index is 860. The standard InChI is InChI=1S/C24H32N4O2/c1-19-7-5-9-21(17-19)28-15-13-27(14-16-28)12-6-11-25-23(29)18-26-24(30)22-10-4-3-8-20(22)2/h3-5,7-10,17H,6,11-16,18H2,1-2H3,(H,25,29)(H,26,30). The number of nitrogens with one attached hydrogen (secondary N) is 2. The molecule has 1 aliphatic heterocycles. The Morgan fingerprint density at radius 1 is 0.933 bits per heavy atom. The topological polar surface area (TPSA) is 64.7 Å². The Labute approximate surface area is 179 Å². The summed E-state index contributed by atoms with van der Waals surface area (Å²) in [5.74, 6) is -0.365. The second-order valence-electron chi connectivity index (χ2n) is 7.87. The molecule has 6 heteroatoms. The normalized spacial score (nSPS) is 14.4. The maximum Gasteiger partial charge on any atom is 0.251 e. The molecule has 0 radical (unpaired) electrons.